The molecule has 2 aromatic rings. The highest BCUT2D eigenvalue weighted by Crippen LogP contribution is 2.19. The predicted molar refractivity (Wildman–Crippen MR) is 88.3 cm³/mol. The third-order valence-electron chi connectivity index (χ3n) is 3.34. The van der Waals surface area contributed by atoms with Crippen LogP contribution in [0.1, 0.15) is 36.7 Å². The zero-order valence-electron chi connectivity index (χ0n) is 13.6. The van der Waals surface area contributed by atoms with Crippen LogP contribution in [0.15, 0.2) is 48.7 Å². The van der Waals surface area contributed by atoms with E-state index in [1.54, 1.807) is 19.1 Å². The standard InChI is InChI=1S/C18H22N2O3/c1-13(2)23-16-10-9-14(11-19-16)17(21)20-12-18(3,22)15-7-5-4-6-8-15/h4-11,13,22H,12H2,1-3H3,(H,20,21). The second-order valence-corrected chi connectivity index (χ2v) is 5.87. The number of benzene rings is 1. The maximum absolute atomic E-state index is 12.2. The summed E-state index contributed by atoms with van der Waals surface area (Å²) in [7, 11) is 0. The van der Waals surface area contributed by atoms with Crippen molar-refractivity contribution in [2.24, 2.45) is 0 Å². The molecular formula is C18H22N2O3. The Morgan fingerprint density at radius 3 is 2.52 bits per heavy atom. The Hall–Kier alpha value is -2.40. The molecule has 0 fully saturated rings. The van der Waals surface area contributed by atoms with Gasteiger partial charge in [-0.25, -0.2) is 4.98 Å². The Balaban J connectivity index is 1.96. The van der Waals surface area contributed by atoms with Crippen LogP contribution >= 0.6 is 0 Å². The van der Waals surface area contributed by atoms with Crippen molar-refractivity contribution < 1.29 is 14.6 Å². The highest BCUT2D eigenvalue weighted by molar-refractivity contribution is 5.93. The minimum Gasteiger partial charge on any atom is -0.475 e. The molecule has 0 bridgehead atoms. The molecule has 1 atom stereocenters. The van der Waals surface area contributed by atoms with E-state index in [4.69, 9.17) is 4.74 Å². The summed E-state index contributed by atoms with van der Waals surface area (Å²) in [6.07, 6.45) is 1.49. The molecule has 0 saturated heterocycles. The van der Waals surface area contributed by atoms with Crippen LogP contribution < -0.4 is 10.1 Å². The van der Waals surface area contributed by atoms with Crippen LogP contribution in [-0.4, -0.2) is 28.6 Å². The summed E-state index contributed by atoms with van der Waals surface area (Å²) in [4.78, 5) is 16.3. The summed E-state index contributed by atoms with van der Waals surface area (Å²) in [6.45, 7) is 5.60. The smallest absolute Gasteiger partial charge is 0.252 e. The van der Waals surface area contributed by atoms with E-state index in [1.165, 1.54) is 6.20 Å². The van der Waals surface area contributed by atoms with Crippen LogP contribution in [0.3, 0.4) is 0 Å². The van der Waals surface area contributed by atoms with Gasteiger partial charge >= 0.3 is 0 Å². The number of hydrogen-bond donors (Lipinski definition) is 2. The second kappa shape index (κ2) is 7.24. The SMILES string of the molecule is CC(C)Oc1ccc(C(=O)NCC(C)(O)c2ccccc2)cn1. The summed E-state index contributed by atoms with van der Waals surface area (Å²) in [6, 6.07) is 12.5. The van der Waals surface area contributed by atoms with Crippen LogP contribution in [0.4, 0.5) is 0 Å². The fourth-order valence-electron chi connectivity index (χ4n) is 2.08. The van der Waals surface area contributed by atoms with Crippen molar-refractivity contribution in [2.75, 3.05) is 6.54 Å². The number of nitrogens with one attached hydrogen (secondary N) is 1. The monoisotopic (exact) mass is 314 g/mol. The molecule has 0 saturated carbocycles. The van der Waals surface area contributed by atoms with E-state index >= 15 is 0 Å². The number of hydrogen-bond acceptors (Lipinski definition) is 4. The number of amides is 1. The molecule has 0 aliphatic rings. The van der Waals surface area contributed by atoms with Gasteiger partial charge in [0.2, 0.25) is 5.88 Å². The zero-order chi connectivity index (χ0) is 16.9. The van der Waals surface area contributed by atoms with Gasteiger partial charge in [-0.1, -0.05) is 30.3 Å². The number of ether oxygens (including phenoxy) is 1. The van der Waals surface area contributed by atoms with Crippen LogP contribution in [0.25, 0.3) is 0 Å². The molecule has 0 radical (unpaired) electrons. The summed E-state index contributed by atoms with van der Waals surface area (Å²) in [5, 5.41) is 13.2. The van der Waals surface area contributed by atoms with E-state index in [0.717, 1.165) is 5.56 Å². The van der Waals surface area contributed by atoms with Gasteiger partial charge in [0.05, 0.1) is 18.2 Å². The van der Waals surface area contributed by atoms with Gasteiger partial charge in [0.25, 0.3) is 5.91 Å². The van der Waals surface area contributed by atoms with Crippen LogP contribution in [0.2, 0.25) is 0 Å². The van der Waals surface area contributed by atoms with Gasteiger partial charge in [-0.15, -0.1) is 0 Å². The van der Waals surface area contributed by atoms with Gasteiger partial charge in [0, 0.05) is 12.3 Å². The Labute approximate surface area is 136 Å². The Kier molecular flexibility index (Phi) is 5.34. The third-order valence-corrected chi connectivity index (χ3v) is 3.34. The Morgan fingerprint density at radius 2 is 1.96 bits per heavy atom. The number of carbonyl (C=O) groups is 1. The van der Waals surface area contributed by atoms with E-state index in [9.17, 15) is 9.90 Å². The maximum Gasteiger partial charge on any atom is 0.252 e. The minimum atomic E-state index is -1.13. The molecule has 1 aromatic carbocycles. The number of carbonyl (C=O) groups excluding carboxylic acids is 1. The van der Waals surface area contributed by atoms with E-state index in [-0.39, 0.29) is 18.6 Å². The van der Waals surface area contributed by atoms with Gasteiger partial charge in [-0.3, -0.25) is 4.79 Å². The molecule has 1 unspecified atom stereocenters. The quantitative estimate of drug-likeness (QED) is 0.859. The Morgan fingerprint density at radius 1 is 1.26 bits per heavy atom. The first kappa shape index (κ1) is 17.0. The van der Waals surface area contributed by atoms with Crippen molar-refractivity contribution in [3.05, 3.63) is 59.8 Å². The van der Waals surface area contributed by atoms with Gasteiger partial charge in [-0.2, -0.15) is 0 Å². The fourth-order valence-corrected chi connectivity index (χ4v) is 2.08. The van der Waals surface area contributed by atoms with E-state index < -0.39 is 5.60 Å². The number of aromatic nitrogens is 1. The van der Waals surface area contributed by atoms with Crippen molar-refractivity contribution >= 4 is 5.91 Å². The minimum absolute atomic E-state index is 0.0307. The van der Waals surface area contributed by atoms with Gasteiger partial charge < -0.3 is 15.2 Å². The number of nitrogens with zero attached hydrogens (tertiary/aromatic N) is 1. The van der Waals surface area contributed by atoms with Crippen molar-refractivity contribution in [3.8, 4) is 5.88 Å². The Bertz CT molecular complexity index is 637. The lowest BCUT2D eigenvalue weighted by atomic mass is 9.96. The maximum atomic E-state index is 12.2. The molecule has 0 spiro atoms. The highest BCUT2D eigenvalue weighted by Gasteiger charge is 2.23. The molecule has 122 valence electrons. The highest BCUT2D eigenvalue weighted by atomic mass is 16.5. The van der Waals surface area contributed by atoms with Crippen molar-refractivity contribution in [2.45, 2.75) is 32.5 Å². The molecule has 2 N–H and O–H groups in total. The summed E-state index contributed by atoms with van der Waals surface area (Å²) in [5.41, 5.74) is 0.0366. The molecule has 1 aromatic heterocycles. The van der Waals surface area contributed by atoms with E-state index in [1.807, 2.05) is 44.2 Å². The van der Waals surface area contributed by atoms with Crippen molar-refractivity contribution in [3.63, 3.8) is 0 Å². The van der Waals surface area contributed by atoms with Gasteiger partial charge in [0.1, 0.15) is 5.60 Å². The normalized spacial score (nSPS) is 13.4. The lowest BCUT2D eigenvalue weighted by molar-refractivity contribution is 0.0526. The van der Waals surface area contributed by atoms with Crippen LogP contribution in [-0.2, 0) is 5.60 Å². The van der Waals surface area contributed by atoms with E-state index in [2.05, 4.69) is 10.3 Å². The van der Waals surface area contributed by atoms with Gasteiger partial charge in [-0.05, 0) is 32.4 Å². The third kappa shape index (κ3) is 4.79. The van der Waals surface area contributed by atoms with Crippen molar-refractivity contribution in [1.82, 2.24) is 10.3 Å². The first-order valence-electron chi connectivity index (χ1n) is 7.57. The average Bonchev–Trinajstić information content (AvgIpc) is 2.54. The fraction of sp³-hybridized carbons (Fsp3) is 0.333. The van der Waals surface area contributed by atoms with Crippen LogP contribution in [0, 0.1) is 0 Å². The molecule has 23 heavy (non-hydrogen) atoms. The average molecular weight is 314 g/mol. The van der Waals surface area contributed by atoms with E-state index in [0.29, 0.717) is 11.4 Å². The first-order valence-corrected chi connectivity index (χ1v) is 7.57. The lowest BCUT2D eigenvalue weighted by Crippen LogP contribution is -2.38. The van der Waals surface area contributed by atoms with Gasteiger partial charge in [0.15, 0.2) is 0 Å². The lowest BCUT2D eigenvalue weighted by Gasteiger charge is -2.24. The summed E-state index contributed by atoms with van der Waals surface area (Å²) < 4.78 is 5.44. The molecule has 0 aliphatic heterocycles. The number of aliphatic hydroxyl groups is 1. The molecule has 1 heterocycles. The zero-order valence-corrected chi connectivity index (χ0v) is 13.6. The predicted octanol–water partition coefficient (Wildman–Crippen LogP) is 2.51. The molecule has 2 rings (SSSR count). The molecular weight excluding hydrogens is 292 g/mol. The second-order valence-electron chi connectivity index (χ2n) is 5.87. The largest absolute Gasteiger partial charge is 0.475 e. The van der Waals surface area contributed by atoms with Crippen LogP contribution in [0.5, 0.6) is 5.88 Å². The molecule has 5 nitrogen and oxygen atoms in total. The topological polar surface area (TPSA) is 71.5 Å². The number of rotatable bonds is 6. The summed E-state index contributed by atoms with van der Waals surface area (Å²) in [5.74, 6) is 0.192. The number of pyridine rings is 1. The molecule has 1 amide bonds. The van der Waals surface area contributed by atoms with Crippen molar-refractivity contribution in [1.29, 1.82) is 0 Å². The molecule has 5 heteroatoms. The summed E-state index contributed by atoms with van der Waals surface area (Å²) >= 11 is 0. The first-order chi connectivity index (χ1) is 10.9. The molecule has 0 aliphatic carbocycles.